The lowest BCUT2D eigenvalue weighted by molar-refractivity contribution is -0.122. The molecule has 1 saturated heterocycles. The van der Waals surface area contributed by atoms with E-state index in [4.69, 9.17) is 9.47 Å². The minimum atomic E-state index is -0.765. The monoisotopic (exact) mass is 594 g/mol. The van der Waals surface area contributed by atoms with Crippen molar-refractivity contribution < 1.29 is 28.2 Å². The maximum Gasteiger partial charge on any atom is 0.335 e. The van der Waals surface area contributed by atoms with Crippen LogP contribution in [-0.4, -0.2) is 24.5 Å². The van der Waals surface area contributed by atoms with E-state index in [0.29, 0.717) is 29.4 Å². The van der Waals surface area contributed by atoms with Crippen LogP contribution in [0.3, 0.4) is 0 Å². The lowest BCUT2D eigenvalue weighted by Crippen LogP contribution is -2.54. The molecule has 8 rings (SSSR count). The Morgan fingerprint density at radius 3 is 2.16 bits per heavy atom. The summed E-state index contributed by atoms with van der Waals surface area (Å²) in [4.78, 5) is 40.4. The van der Waals surface area contributed by atoms with Crippen molar-refractivity contribution in [3.05, 3.63) is 94.8 Å². The van der Waals surface area contributed by atoms with E-state index in [1.54, 1.807) is 30.3 Å². The first kappa shape index (κ1) is 28.3. The molecule has 3 aromatic rings. The second-order valence-corrected chi connectivity index (χ2v) is 12.8. The number of amides is 4. The van der Waals surface area contributed by atoms with Gasteiger partial charge in [-0.05, 0) is 128 Å². The largest absolute Gasteiger partial charge is 0.490 e. The van der Waals surface area contributed by atoms with Gasteiger partial charge in [0.2, 0.25) is 0 Å². The topological polar surface area (TPSA) is 84.9 Å². The quantitative estimate of drug-likeness (QED) is 0.226. The third-order valence-corrected chi connectivity index (χ3v) is 9.76. The van der Waals surface area contributed by atoms with Crippen LogP contribution in [0, 0.1) is 23.6 Å². The summed E-state index contributed by atoms with van der Waals surface area (Å²) in [5.74, 6) is 1.58. The number of carbonyl (C=O) groups is 3. The molecule has 0 radical (unpaired) electrons. The first-order valence-corrected chi connectivity index (χ1v) is 15.5. The van der Waals surface area contributed by atoms with Crippen LogP contribution in [0.25, 0.3) is 6.08 Å². The number of urea groups is 1. The summed E-state index contributed by atoms with van der Waals surface area (Å²) in [7, 11) is 0. The summed E-state index contributed by atoms with van der Waals surface area (Å²) in [5.41, 5.74) is 3.10. The van der Waals surface area contributed by atoms with Gasteiger partial charge in [-0.3, -0.25) is 14.9 Å². The fraction of sp³-hybridized carbons (Fsp3) is 0.361. The summed E-state index contributed by atoms with van der Waals surface area (Å²) in [6, 6.07) is 18.1. The van der Waals surface area contributed by atoms with Gasteiger partial charge in [-0.15, -0.1) is 0 Å². The maximum atomic E-state index is 13.6. The molecule has 226 valence electrons. The smallest absolute Gasteiger partial charge is 0.335 e. The van der Waals surface area contributed by atoms with Crippen LogP contribution in [0.1, 0.15) is 62.1 Å². The Balaban J connectivity index is 1.11. The van der Waals surface area contributed by atoms with Crippen LogP contribution in [0.4, 0.5) is 14.9 Å². The molecule has 7 nitrogen and oxygen atoms in total. The van der Waals surface area contributed by atoms with Crippen LogP contribution < -0.4 is 19.7 Å². The summed E-state index contributed by atoms with van der Waals surface area (Å²) in [6.07, 6.45) is 9.21. The van der Waals surface area contributed by atoms with E-state index in [1.165, 1.54) is 62.3 Å². The highest BCUT2D eigenvalue weighted by atomic mass is 19.1. The molecule has 1 N–H and O–H groups in total. The van der Waals surface area contributed by atoms with Gasteiger partial charge in [-0.25, -0.2) is 14.1 Å². The Bertz CT molecular complexity index is 1610. The minimum Gasteiger partial charge on any atom is -0.490 e. The molecule has 0 unspecified atom stereocenters. The normalized spacial score (nSPS) is 26.7. The highest BCUT2D eigenvalue weighted by molar-refractivity contribution is 6.39. The Morgan fingerprint density at radius 1 is 0.864 bits per heavy atom. The predicted molar refractivity (Wildman–Crippen MR) is 164 cm³/mol. The summed E-state index contributed by atoms with van der Waals surface area (Å²) < 4.78 is 24.9. The average molecular weight is 595 g/mol. The Labute approximate surface area is 256 Å². The second kappa shape index (κ2) is 11.2. The molecule has 1 aliphatic heterocycles. The SMILES string of the molecule is CCOc1cc(/C=C2\C(=O)NC(=O)N(c3ccc(C45CC6CC(CC(C6)C4)C5)cc3)C2=O)ccc1OCc1ccc(F)cc1. The zero-order valence-electron chi connectivity index (χ0n) is 24.7. The number of benzene rings is 3. The molecule has 4 aliphatic carbocycles. The number of nitrogens with one attached hydrogen (secondary N) is 1. The van der Waals surface area contributed by atoms with Crippen molar-refractivity contribution in [2.75, 3.05) is 11.5 Å². The molecule has 0 spiro atoms. The Hall–Kier alpha value is -4.46. The Morgan fingerprint density at radius 2 is 1.52 bits per heavy atom. The number of ether oxygens (including phenoxy) is 2. The van der Waals surface area contributed by atoms with Crippen molar-refractivity contribution in [1.29, 1.82) is 0 Å². The highest BCUT2D eigenvalue weighted by Crippen LogP contribution is 2.60. The number of carbonyl (C=O) groups excluding carboxylic acids is 3. The average Bonchev–Trinajstić information content (AvgIpc) is 2.99. The van der Waals surface area contributed by atoms with E-state index in [-0.39, 0.29) is 23.4 Å². The molecule has 8 heteroatoms. The maximum absolute atomic E-state index is 13.6. The lowest BCUT2D eigenvalue weighted by Gasteiger charge is -2.57. The molecule has 4 saturated carbocycles. The van der Waals surface area contributed by atoms with Gasteiger partial charge in [0.25, 0.3) is 11.8 Å². The van der Waals surface area contributed by atoms with Crippen molar-refractivity contribution in [2.24, 2.45) is 17.8 Å². The van der Waals surface area contributed by atoms with Crippen molar-refractivity contribution in [2.45, 2.75) is 57.5 Å². The third-order valence-electron chi connectivity index (χ3n) is 9.76. The third kappa shape index (κ3) is 5.27. The number of hydrogen-bond acceptors (Lipinski definition) is 5. The highest BCUT2D eigenvalue weighted by Gasteiger charge is 2.51. The molecule has 1 heterocycles. The summed E-state index contributed by atoms with van der Waals surface area (Å²) in [5, 5.41) is 2.32. The summed E-state index contributed by atoms with van der Waals surface area (Å²) >= 11 is 0. The van der Waals surface area contributed by atoms with Crippen molar-refractivity contribution >= 4 is 29.6 Å². The molecule has 44 heavy (non-hydrogen) atoms. The number of nitrogens with zero attached hydrogens (tertiary/aromatic N) is 1. The molecule has 5 fully saturated rings. The lowest BCUT2D eigenvalue weighted by atomic mass is 9.48. The minimum absolute atomic E-state index is 0.155. The number of hydrogen-bond donors (Lipinski definition) is 1. The Kier molecular flexibility index (Phi) is 7.23. The summed E-state index contributed by atoms with van der Waals surface area (Å²) in [6.45, 7) is 2.42. The molecule has 4 amide bonds. The molecular formula is C36H35FN2O5. The van der Waals surface area contributed by atoms with Gasteiger partial charge in [-0.1, -0.05) is 30.3 Å². The van der Waals surface area contributed by atoms with Gasteiger partial charge in [0, 0.05) is 0 Å². The van der Waals surface area contributed by atoms with Gasteiger partial charge in [0.15, 0.2) is 11.5 Å². The molecule has 3 aromatic carbocycles. The predicted octanol–water partition coefficient (Wildman–Crippen LogP) is 6.94. The van der Waals surface area contributed by atoms with Gasteiger partial charge < -0.3 is 9.47 Å². The van der Waals surface area contributed by atoms with Crippen LogP contribution in [0.5, 0.6) is 11.5 Å². The van der Waals surface area contributed by atoms with E-state index in [1.807, 2.05) is 19.1 Å². The first-order chi connectivity index (χ1) is 21.3. The molecular weight excluding hydrogens is 559 g/mol. The standard InChI is InChI=1S/C36H35FN2O5/c1-2-43-32-17-23(5-12-31(32)44-21-22-3-8-28(37)9-4-22)16-30-33(40)38-35(42)39(34(30)41)29-10-6-27(7-11-29)36-18-24-13-25(19-36)15-26(14-24)20-36/h3-12,16-17,24-26H,2,13-15,18-21H2,1H3,(H,38,40,42)/b30-16+. The second-order valence-electron chi connectivity index (χ2n) is 12.8. The zero-order chi connectivity index (χ0) is 30.4. The van der Waals surface area contributed by atoms with Gasteiger partial charge in [0.1, 0.15) is 18.0 Å². The van der Waals surface area contributed by atoms with Crippen molar-refractivity contribution in [1.82, 2.24) is 5.32 Å². The van der Waals surface area contributed by atoms with Gasteiger partial charge in [0.05, 0.1) is 12.3 Å². The van der Waals surface area contributed by atoms with E-state index in [2.05, 4.69) is 17.4 Å². The molecule has 0 aromatic heterocycles. The number of halogens is 1. The number of anilines is 1. The number of rotatable bonds is 8. The zero-order valence-corrected chi connectivity index (χ0v) is 24.7. The van der Waals surface area contributed by atoms with E-state index < -0.39 is 17.8 Å². The van der Waals surface area contributed by atoms with Crippen LogP contribution in [0.2, 0.25) is 0 Å². The molecule has 5 aliphatic rings. The van der Waals surface area contributed by atoms with Gasteiger partial charge in [-0.2, -0.15) is 0 Å². The van der Waals surface area contributed by atoms with Crippen molar-refractivity contribution in [3.63, 3.8) is 0 Å². The number of imide groups is 2. The van der Waals surface area contributed by atoms with Crippen molar-refractivity contribution in [3.8, 4) is 11.5 Å². The number of barbiturate groups is 1. The van der Waals surface area contributed by atoms with E-state index >= 15 is 0 Å². The van der Waals surface area contributed by atoms with Crippen LogP contribution >= 0.6 is 0 Å². The van der Waals surface area contributed by atoms with E-state index in [9.17, 15) is 18.8 Å². The van der Waals surface area contributed by atoms with Gasteiger partial charge >= 0.3 is 6.03 Å². The van der Waals surface area contributed by atoms with Crippen LogP contribution in [0.15, 0.2) is 72.3 Å². The fourth-order valence-corrected chi connectivity index (χ4v) is 8.23. The molecule has 4 bridgehead atoms. The first-order valence-electron chi connectivity index (χ1n) is 15.5. The van der Waals surface area contributed by atoms with Crippen LogP contribution in [-0.2, 0) is 21.6 Å². The van der Waals surface area contributed by atoms with E-state index in [0.717, 1.165) is 28.2 Å². The molecule has 0 atom stereocenters. The fourth-order valence-electron chi connectivity index (χ4n) is 8.23.